The zero-order valence-corrected chi connectivity index (χ0v) is 16.2. The van der Waals surface area contributed by atoms with E-state index in [4.69, 9.17) is 9.47 Å². The molecular formula is C23H25NO4. The van der Waals surface area contributed by atoms with Crippen LogP contribution in [0.15, 0.2) is 72.8 Å². The molecule has 3 rings (SSSR count). The van der Waals surface area contributed by atoms with Crippen LogP contribution < -0.4 is 0 Å². The Bertz CT molecular complexity index is 819. The van der Waals surface area contributed by atoms with Crippen molar-refractivity contribution >= 4 is 11.9 Å². The Morgan fingerprint density at radius 2 is 1.71 bits per heavy atom. The molecule has 0 bridgehead atoms. The number of carbonyl (C=O) groups excluding carboxylic acids is 2. The predicted molar refractivity (Wildman–Crippen MR) is 106 cm³/mol. The minimum absolute atomic E-state index is 0.198. The summed E-state index contributed by atoms with van der Waals surface area (Å²) in [5.41, 5.74) is 2.05. The van der Waals surface area contributed by atoms with E-state index in [-0.39, 0.29) is 11.9 Å². The lowest BCUT2D eigenvalue weighted by Crippen LogP contribution is -2.55. The Hall–Kier alpha value is -2.92. The lowest BCUT2D eigenvalue weighted by Gasteiger charge is -2.39. The van der Waals surface area contributed by atoms with Crippen LogP contribution >= 0.6 is 0 Å². The molecule has 0 unspecified atom stereocenters. The molecule has 3 atom stereocenters. The maximum Gasteiger partial charge on any atom is 0.333 e. The zero-order chi connectivity index (χ0) is 19.9. The smallest absolute Gasteiger partial charge is 0.333 e. The summed E-state index contributed by atoms with van der Waals surface area (Å²) in [6.45, 7) is 4.36. The van der Waals surface area contributed by atoms with Crippen LogP contribution in [0.1, 0.15) is 31.0 Å². The second-order valence-electron chi connectivity index (χ2n) is 6.78. The highest BCUT2D eigenvalue weighted by Gasteiger charge is 2.41. The average Bonchev–Trinajstić information content (AvgIpc) is 2.72. The van der Waals surface area contributed by atoms with Gasteiger partial charge in [-0.05, 0) is 25.0 Å². The van der Waals surface area contributed by atoms with Gasteiger partial charge in [0.05, 0.1) is 19.3 Å². The molecule has 28 heavy (non-hydrogen) atoms. The monoisotopic (exact) mass is 379 g/mol. The van der Waals surface area contributed by atoms with Crippen molar-refractivity contribution in [3.63, 3.8) is 0 Å². The average molecular weight is 379 g/mol. The molecule has 2 aromatic rings. The van der Waals surface area contributed by atoms with Gasteiger partial charge in [-0.2, -0.15) is 0 Å². The van der Waals surface area contributed by atoms with Gasteiger partial charge < -0.3 is 14.4 Å². The second kappa shape index (κ2) is 9.33. The van der Waals surface area contributed by atoms with Crippen LogP contribution in [0.2, 0.25) is 0 Å². The Morgan fingerprint density at radius 3 is 2.39 bits per heavy atom. The van der Waals surface area contributed by atoms with Crippen molar-refractivity contribution in [2.24, 2.45) is 0 Å². The fraction of sp³-hybridized carbons (Fsp3) is 0.304. The number of hydrogen-bond acceptors (Lipinski definition) is 4. The van der Waals surface area contributed by atoms with Crippen LogP contribution in [0, 0.1) is 0 Å². The number of ether oxygens (including phenoxy) is 2. The third-order valence-corrected chi connectivity index (χ3v) is 4.78. The number of carbonyl (C=O) groups is 2. The molecule has 1 heterocycles. The fourth-order valence-corrected chi connectivity index (χ4v) is 3.25. The van der Waals surface area contributed by atoms with Gasteiger partial charge in [0.1, 0.15) is 6.04 Å². The molecule has 0 radical (unpaired) electrons. The molecule has 0 saturated carbocycles. The molecule has 0 aliphatic carbocycles. The molecule has 0 aromatic heterocycles. The summed E-state index contributed by atoms with van der Waals surface area (Å²) in [6.07, 6.45) is 2.68. The molecular weight excluding hydrogens is 354 g/mol. The SMILES string of the molecule is C[C@H]1OC(=O)[C@H](/C=C/COCc2ccccc2)N([C@@H](C)c2ccccc2)C1=O. The highest BCUT2D eigenvalue weighted by molar-refractivity contribution is 5.93. The highest BCUT2D eigenvalue weighted by atomic mass is 16.6. The van der Waals surface area contributed by atoms with Gasteiger partial charge in [-0.1, -0.05) is 72.8 Å². The number of morpholine rings is 1. The number of esters is 1. The summed E-state index contributed by atoms with van der Waals surface area (Å²) >= 11 is 0. The lowest BCUT2D eigenvalue weighted by atomic mass is 10.0. The number of cyclic esters (lactones) is 1. The van der Waals surface area contributed by atoms with Gasteiger partial charge in [0.25, 0.3) is 5.91 Å². The lowest BCUT2D eigenvalue weighted by molar-refractivity contribution is -0.176. The number of hydrogen-bond donors (Lipinski definition) is 0. The molecule has 146 valence electrons. The molecule has 1 saturated heterocycles. The molecule has 1 aliphatic heterocycles. The van der Waals surface area contributed by atoms with Crippen molar-refractivity contribution < 1.29 is 19.1 Å². The first kappa shape index (κ1) is 19.8. The maximum atomic E-state index is 12.8. The quantitative estimate of drug-likeness (QED) is 0.418. The van der Waals surface area contributed by atoms with Gasteiger partial charge in [-0.15, -0.1) is 0 Å². The fourth-order valence-electron chi connectivity index (χ4n) is 3.25. The van der Waals surface area contributed by atoms with Crippen LogP contribution in [0.5, 0.6) is 0 Å². The molecule has 1 aliphatic rings. The van der Waals surface area contributed by atoms with Crippen LogP contribution in [0.3, 0.4) is 0 Å². The first-order chi connectivity index (χ1) is 13.6. The van der Waals surface area contributed by atoms with Gasteiger partial charge >= 0.3 is 5.97 Å². The predicted octanol–water partition coefficient (Wildman–Crippen LogP) is 3.66. The Kier molecular flexibility index (Phi) is 6.61. The van der Waals surface area contributed by atoms with E-state index >= 15 is 0 Å². The van der Waals surface area contributed by atoms with Crippen LogP contribution in [0.25, 0.3) is 0 Å². The minimum Gasteiger partial charge on any atom is -0.451 e. The van der Waals surface area contributed by atoms with Gasteiger partial charge in [-0.3, -0.25) is 4.79 Å². The van der Waals surface area contributed by atoms with E-state index in [1.54, 1.807) is 24.0 Å². The number of benzene rings is 2. The summed E-state index contributed by atoms with van der Waals surface area (Å²) in [7, 11) is 0. The van der Waals surface area contributed by atoms with Crippen molar-refractivity contribution in [3.8, 4) is 0 Å². The summed E-state index contributed by atoms with van der Waals surface area (Å²) in [5.74, 6) is -0.620. The number of rotatable bonds is 7. The van der Waals surface area contributed by atoms with Crippen LogP contribution in [-0.2, 0) is 25.7 Å². The van der Waals surface area contributed by atoms with E-state index in [1.807, 2.05) is 67.6 Å². The summed E-state index contributed by atoms with van der Waals surface area (Å²) in [5, 5.41) is 0. The van der Waals surface area contributed by atoms with E-state index in [2.05, 4.69) is 0 Å². The summed E-state index contributed by atoms with van der Waals surface area (Å²) < 4.78 is 10.9. The first-order valence-electron chi connectivity index (χ1n) is 9.44. The molecule has 0 spiro atoms. The summed E-state index contributed by atoms with van der Waals surface area (Å²) in [6, 6.07) is 18.5. The second-order valence-corrected chi connectivity index (χ2v) is 6.78. The molecule has 2 aromatic carbocycles. The Morgan fingerprint density at radius 1 is 1.07 bits per heavy atom. The van der Waals surface area contributed by atoms with E-state index < -0.39 is 18.1 Å². The van der Waals surface area contributed by atoms with E-state index in [0.717, 1.165) is 11.1 Å². The van der Waals surface area contributed by atoms with Gasteiger partial charge in [0, 0.05) is 0 Å². The van der Waals surface area contributed by atoms with Crippen LogP contribution in [0.4, 0.5) is 0 Å². The van der Waals surface area contributed by atoms with Crippen LogP contribution in [-0.4, -0.2) is 35.5 Å². The van der Waals surface area contributed by atoms with E-state index in [9.17, 15) is 9.59 Å². The molecule has 1 fully saturated rings. The summed E-state index contributed by atoms with van der Waals surface area (Å²) in [4.78, 5) is 26.8. The normalized spacial score (nSPS) is 21.0. The van der Waals surface area contributed by atoms with Crippen molar-refractivity contribution in [2.45, 2.75) is 38.6 Å². The third-order valence-electron chi connectivity index (χ3n) is 4.78. The maximum absolute atomic E-state index is 12.8. The van der Waals surface area contributed by atoms with Crippen molar-refractivity contribution in [3.05, 3.63) is 83.9 Å². The number of nitrogens with zero attached hydrogens (tertiary/aromatic N) is 1. The molecule has 5 nitrogen and oxygen atoms in total. The van der Waals surface area contributed by atoms with Crippen molar-refractivity contribution in [1.82, 2.24) is 4.90 Å². The topological polar surface area (TPSA) is 55.8 Å². The standard InChI is InChI=1S/C23H25NO4/c1-17(20-12-7-4-8-13-20)24-21(23(26)28-18(2)22(24)25)14-9-15-27-16-19-10-5-3-6-11-19/h3-14,17-18,21H,15-16H2,1-2H3/b14-9+/t17-,18+,21-/m0/s1. The third kappa shape index (κ3) is 4.67. The molecule has 1 amide bonds. The Labute approximate surface area is 165 Å². The molecule has 0 N–H and O–H groups in total. The largest absolute Gasteiger partial charge is 0.451 e. The zero-order valence-electron chi connectivity index (χ0n) is 16.2. The minimum atomic E-state index is -0.780. The van der Waals surface area contributed by atoms with E-state index in [0.29, 0.717) is 13.2 Å². The van der Waals surface area contributed by atoms with Gasteiger partial charge in [0.2, 0.25) is 0 Å². The van der Waals surface area contributed by atoms with E-state index in [1.165, 1.54) is 0 Å². The van der Waals surface area contributed by atoms with Gasteiger partial charge in [-0.25, -0.2) is 4.79 Å². The number of amides is 1. The highest BCUT2D eigenvalue weighted by Crippen LogP contribution is 2.28. The van der Waals surface area contributed by atoms with Crippen molar-refractivity contribution in [2.75, 3.05) is 6.61 Å². The Balaban J connectivity index is 1.68. The first-order valence-corrected chi connectivity index (χ1v) is 9.44. The molecule has 5 heteroatoms. The van der Waals surface area contributed by atoms with Crippen molar-refractivity contribution in [1.29, 1.82) is 0 Å². The van der Waals surface area contributed by atoms with Gasteiger partial charge in [0.15, 0.2) is 6.10 Å².